The predicted octanol–water partition coefficient (Wildman–Crippen LogP) is 3.76. The first-order chi connectivity index (χ1) is 9.78. The zero-order valence-electron chi connectivity index (χ0n) is 12.5. The number of aromatic nitrogens is 1. The molecule has 1 aliphatic heterocycles. The van der Waals surface area contributed by atoms with Gasteiger partial charge < -0.3 is 9.31 Å². The Morgan fingerprint density at radius 3 is 2.43 bits per heavy atom. The van der Waals surface area contributed by atoms with E-state index in [2.05, 4.69) is 4.98 Å². The molecule has 0 amide bonds. The third-order valence-electron chi connectivity index (χ3n) is 4.08. The van der Waals surface area contributed by atoms with Crippen molar-refractivity contribution in [2.75, 3.05) is 0 Å². The second-order valence-electron chi connectivity index (χ2n) is 6.17. The van der Waals surface area contributed by atoms with E-state index < -0.39 is 0 Å². The SMILES string of the molecule is CC1(C)OB(c2cnc(-c3cccc(Cl)c3)s2)OC1(C)C. The summed E-state index contributed by atoms with van der Waals surface area (Å²) in [6.07, 6.45) is 1.82. The summed E-state index contributed by atoms with van der Waals surface area (Å²) in [5, 5.41) is 1.63. The van der Waals surface area contributed by atoms with E-state index in [0.29, 0.717) is 5.02 Å². The van der Waals surface area contributed by atoms with E-state index in [0.717, 1.165) is 15.3 Å². The van der Waals surface area contributed by atoms with Gasteiger partial charge in [0.25, 0.3) is 0 Å². The van der Waals surface area contributed by atoms with Gasteiger partial charge in [0, 0.05) is 16.8 Å². The Bertz CT molecular complexity index is 655. The third-order valence-corrected chi connectivity index (χ3v) is 5.38. The van der Waals surface area contributed by atoms with Crippen molar-refractivity contribution in [1.82, 2.24) is 4.98 Å². The molecule has 1 aliphatic rings. The molecule has 110 valence electrons. The first kappa shape index (κ1) is 15.0. The first-order valence-corrected chi connectivity index (χ1v) is 8.05. The van der Waals surface area contributed by atoms with Crippen molar-refractivity contribution < 1.29 is 9.31 Å². The second-order valence-corrected chi connectivity index (χ2v) is 7.67. The molecule has 6 heteroatoms. The van der Waals surface area contributed by atoms with Crippen LogP contribution in [0.1, 0.15) is 27.7 Å². The molecule has 0 atom stereocenters. The molecule has 1 saturated heterocycles. The minimum absolute atomic E-state index is 0.335. The van der Waals surface area contributed by atoms with Crippen LogP contribution in [0.3, 0.4) is 0 Å². The fourth-order valence-corrected chi connectivity index (χ4v) is 3.17. The molecular weight excluding hydrogens is 305 g/mol. The van der Waals surface area contributed by atoms with Gasteiger partial charge in [0.15, 0.2) is 0 Å². The minimum atomic E-state index is -0.361. The normalized spacial score (nSPS) is 20.0. The number of nitrogens with zero attached hydrogens (tertiary/aromatic N) is 1. The maximum atomic E-state index is 6.05. The highest BCUT2D eigenvalue weighted by atomic mass is 35.5. The lowest BCUT2D eigenvalue weighted by atomic mass is 9.89. The average Bonchev–Trinajstić information content (AvgIpc) is 2.93. The van der Waals surface area contributed by atoms with Crippen LogP contribution in [0.15, 0.2) is 30.5 Å². The Balaban J connectivity index is 1.87. The molecule has 0 aliphatic carbocycles. The molecule has 2 aromatic rings. The van der Waals surface area contributed by atoms with Crippen molar-refractivity contribution in [2.24, 2.45) is 0 Å². The van der Waals surface area contributed by atoms with Crippen LogP contribution >= 0.6 is 22.9 Å². The van der Waals surface area contributed by atoms with Gasteiger partial charge in [-0.1, -0.05) is 23.7 Å². The molecule has 2 heterocycles. The van der Waals surface area contributed by atoms with Crippen molar-refractivity contribution in [3.63, 3.8) is 0 Å². The van der Waals surface area contributed by atoms with E-state index in [4.69, 9.17) is 20.9 Å². The van der Waals surface area contributed by atoms with E-state index in [1.807, 2.05) is 58.2 Å². The summed E-state index contributed by atoms with van der Waals surface area (Å²) in [5.41, 5.74) is 0.339. The average molecular weight is 322 g/mol. The Hall–Kier alpha value is -0.875. The molecule has 1 fully saturated rings. The largest absolute Gasteiger partial charge is 0.507 e. The van der Waals surface area contributed by atoms with Crippen LogP contribution in [0.2, 0.25) is 5.02 Å². The smallest absolute Gasteiger partial charge is 0.399 e. The van der Waals surface area contributed by atoms with Crippen LogP contribution < -0.4 is 4.78 Å². The Kier molecular flexibility index (Phi) is 3.65. The first-order valence-electron chi connectivity index (χ1n) is 6.86. The van der Waals surface area contributed by atoms with E-state index in [1.54, 1.807) is 11.3 Å². The van der Waals surface area contributed by atoms with Crippen molar-refractivity contribution in [3.8, 4) is 10.6 Å². The van der Waals surface area contributed by atoms with E-state index in [-0.39, 0.29) is 18.3 Å². The molecule has 0 bridgehead atoms. The summed E-state index contributed by atoms with van der Waals surface area (Å²) in [6.45, 7) is 8.19. The number of thiazole rings is 1. The van der Waals surface area contributed by atoms with Crippen molar-refractivity contribution >= 4 is 34.8 Å². The Labute approximate surface area is 134 Å². The second kappa shape index (κ2) is 5.09. The molecule has 0 radical (unpaired) electrons. The lowest BCUT2D eigenvalue weighted by molar-refractivity contribution is 0.00578. The van der Waals surface area contributed by atoms with Crippen molar-refractivity contribution in [2.45, 2.75) is 38.9 Å². The lowest BCUT2D eigenvalue weighted by Crippen LogP contribution is -2.41. The highest BCUT2D eigenvalue weighted by Crippen LogP contribution is 2.37. The molecule has 0 saturated carbocycles. The van der Waals surface area contributed by atoms with Gasteiger partial charge in [0.05, 0.1) is 16.0 Å². The summed E-state index contributed by atoms with van der Waals surface area (Å²) in [4.78, 5) is 4.47. The van der Waals surface area contributed by atoms with E-state index in [1.165, 1.54) is 0 Å². The molecule has 1 aromatic heterocycles. The van der Waals surface area contributed by atoms with Crippen LogP contribution in [0.25, 0.3) is 10.6 Å². The van der Waals surface area contributed by atoms with Crippen LogP contribution in [0, 0.1) is 0 Å². The van der Waals surface area contributed by atoms with E-state index >= 15 is 0 Å². The molecule has 0 unspecified atom stereocenters. The number of hydrogen-bond acceptors (Lipinski definition) is 4. The zero-order chi connectivity index (χ0) is 15.3. The van der Waals surface area contributed by atoms with Crippen LogP contribution in [0.4, 0.5) is 0 Å². The van der Waals surface area contributed by atoms with E-state index in [9.17, 15) is 0 Å². The number of rotatable bonds is 2. The third kappa shape index (κ3) is 2.75. The van der Waals surface area contributed by atoms with Crippen LogP contribution in [-0.4, -0.2) is 23.3 Å². The number of benzene rings is 1. The topological polar surface area (TPSA) is 31.4 Å². The number of hydrogen-bond donors (Lipinski definition) is 0. The summed E-state index contributed by atoms with van der Waals surface area (Å²) in [7, 11) is -0.361. The summed E-state index contributed by atoms with van der Waals surface area (Å²) in [6, 6.07) is 7.69. The number of halogens is 1. The van der Waals surface area contributed by atoms with Gasteiger partial charge in [-0.15, -0.1) is 11.3 Å². The zero-order valence-corrected chi connectivity index (χ0v) is 14.1. The van der Waals surface area contributed by atoms with Gasteiger partial charge in [0.2, 0.25) is 0 Å². The minimum Gasteiger partial charge on any atom is -0.399 e. The molecule has 3 nitrogen and oxygen atoms in total. The predicted molar refractivity (Wildman–Crippen MR) is 88.3 cm³/mol. The van der Waals surface area contributed by atoms with Gasteiger partial charge in [-0.05, 0) is 39.8 Å². The van der Waals surface area contributed by atoms with Gasteiger partial charge in [-0.3, -0.25) is 0 Å². The van der Waals surface area contributed by atoms with Crippen LogP contribution in [-0.2, 0) is 9.31 Å². The molecule has 1 aromatic carbocycles. The lowest BCUT2D eigenvalue weighted by Gasteiger charge is -2.32. The summed E-state index contributed by atoms with van der Waals surface area (Å²) in [5.74, 6) is 0. The molecule has 21 heavy (non-hydrogen) atoms. The highest BCUT2D eigenvalue weighted by Gasteiger charge is 2.52. The van der Waals surface area contributed by atoms with Crippen molar-refractivity contribution in [1.29, 1.82) is 0 Å². The fraction of sp³-hybridized carbons (Fsp3) is 0.400. The van der Waals surface area contributed by atoms with Gasteiger partial charge >= 0.3 is 7.12 Å². The van der Waals surface area contributed by atoms with Gasteiger partial charge in [0.1, 0.15) is 5.01 Å². The fourth-order valence-electron chi connectivity index (χ4n) is 2.11. The Morgan fingerprint density at radius 1 is 1.14 bits per heavy atom. The maximum absolute atomic E-state index is 6.05. The highest BCUT2D eigenvalue weighted by molar-refractivity contribution is 7.24. The molecule has 3 rings (SSSR count). The standard InChI is InChI=1S/C15H17BClNO2S/c1-14(2)15(3,4)20-16(19-14)12-9-18-13(21-12)10-6-5-7-11(17)8-10/h5-9H,1-4H3. The monoisotopic (exact) mass is 321 g/mol. The molecular formula is C15H17BClNO2S. The van der Waals surface area contributed by atoms with Gasteiger partial charge in [-0.2, -0.15) is 0 Å². The maximum Gasteiger partial charge on any atom is 0.507 e. The Morgan fingerprint density at radius 2 is 1.81 bits per heavy atom. The van der Waals surface area contributed by atoms with Gasteiger partial charge in [-0.25, -0.2) is 4.98 Å². The quantitative estimate of drug-likeness (QED) is 0.789. The van der Waals surface area contributed by atoms with Crippen molar-refractivity contribution in [3.05, 3.63) is 35.5 Å². The molecule has 0 N–H and O–H groups in total. The summed E-state index contributed by atoms with van der Waals surface area (Å²) < 4.78 is 13.1. The summed E-state index contributed by atoms with van der Waals surface area (Å²) >= 11 is 7.60. The van der Waals surface area contributed by atoms with Crippen LogP contribution in [0.5, 0.6) is 0 Å². The molecule has 0 spiro atoms.